The maximum atomic E-state index is 14.4. The zero-order valence-corrected chi connectivity index (χ0v) is 20.1. The first kappa shape index (κ1) is 22.4. The monoisotopic (exact) mass is 549 g/mol. The molecule has 180 valence electrons. The van der Waals surface area contributed by atoms with Crippen molar-refractivity contribution in [1.82, 2.24) is 13.9 Å². The predicted octanol–water partition coefficient (Wildman–Crippen LogP) is 3.04. The number of Topliss-reactive ketones (excluding diaryl/α,β-unsaturated/α-hetero) is 1. The summed E-state index contributed by atoms with van der Waals surface area (Å²) in [5, 5.41) is 9.72. The summed E-state index contributed by atoms with van der Waals surface area (Å²) >= 11 is 3.15. The summed E-state index contributed by atoms with van der Waals surface area (Å²) in [5.74, 6) is -3.05. The lowest BCUT2D eigenvalue weighted by atomic mass is 9.69. The minimum absolute atomic E-state index is 0.0178. The molecule has 1 N–H and O–H groups in total. The van der Waals surface area contributed by atoms with Crippen molar-refractivity contribution in [3.63, 3.8) is 0 Å². The smallest absolute Gasteiger partial charge is 0.352 e. The lowest BCUT2D eigenvalue weighted by Crippen LogP contribution is -2.40. The summed E-state index contributed by atoms with van der Waals surface area (Å²) in [6, 6.07) is 11.6. The molecule has 3 aliphatic rings. The zero-order chi connectivity index (χ0) is 25.3. The largest absolute Gasteiger partial charge is 0.505 e. The van der Waals surface area contributed by atoms with Gasteiger partial charge in [-0.05, 0) is 51.3 Å². The summed E-state index contributed by atoms with van der Waals surface area (Å²) in [7, 11) is 0. The summed E-state index contributed by atoms with van der Waals surface area (Å²) in [5.41, 5.74) is 0.681. The van der Waals surface area contributed by atoms with Gasteiger partial charge in [-0.3, -0.25) is 9.59 Å². The van der Waals surface area contributed by atoms with E-state index in [0.717, 1.165) is 10.6 Å². The molecular weight excluding hydrogens is 533 g/mol. The first-order chi connectivity index (χ1) is 17.3. The molecule has 36 heavy (non-hydrogen) atoms. The fourth-order valence-electron chi connectivity index (χ4n) is 5.36. The van der Waals surface area contributed by atoms with Gasteiger partial charge in [0.1, 0.15) is 0 Å². The molecule has 6 rings (SSSR count). The number of aromatic hydroxyl groups is 1. The lowest BCUT2D eigenvalue weighted by molar-refractivity contribution is -0.115. The molecule has 2 aromatic carbocycles. The summed E-state index contributed by atoms with van der Waals surface area (Å²) < 4.78 is 18.2. The fourth-order valence-corrected chi connectivity index (χ4v) is 5.81. The number of hydrogen-bond donors (Lipinski definition) is 1. The van der Waals surface area contributed by atoms with Gasteiger partial charge in [0.2, 0.25) is 0 Å². The Balaban J connectivity index is 1.60. The minimum Gasteiger partial charge on any atom is -0.505 e. The van der Waals surface area contributed by atoms with Crippen LogP contribution in [-0.4, -0.2) is 30.6 Å². The van der Waals surface area contributed by atoms with E-state index in [1.165, 1.54) is 27.6 Å². The zero-order valence-electron chi connectivity index (χ0n) is 18.5. The molecule has 0 bridgehead atoms. The quantitative estimate of drug-likeness (QED) is 0.391. The number of nitrogens with zero attached hydrogens (tertiary/aromatic N) is 3. The van der Waals surface area contributed by atoms with Crippen molar-refractivity contribution in [2.75, 3.05) is 0 Å². The second kappa shape index (κ2) is 7.99. The average Bonchev–Trinajstić information content (AvgIpc) is 3.13. The van der Waals surface area contributed by atoms with Gasteiger partial charge in [0, 0.05) is 29.6 Å². The van der Waals surface area contributed by atoms with Crippen molar-refractivity contribution in [2.24, 2.45) is 0 Å². The van der Waals surface area contributed by atoms with Crippen LogP contribution in [0.15, 0.2) is 91.5 Å². The first-order valence-corrected chi connectivity index (χ1v) is 11.9. The number of fused-ring (bicyclic) bond motifs is 3. The van der Waals surface area contributed by atoms with Crippen LogP contribution in [0.2, 0.25) is 0 Å². The molecule has 3 aromatic rings. The SMILES string of the molecule is O=C1C=C(Br)C(=O)C2=C1[C@@H](c1ccc(O)c(F)c1)C1=CCn3c(=O)n(-c4ccccc4)c(=O)n3[C@@H]1C2. The molecule has 2 atom stereocenters. The maximum Gasteiger partial charge on any atom is 0.352 e. The second-order valence-corrected chi connectivity index (χ2v) is 9.66. The number of phenols is 1. The van der Waals surface area contributed by atoms with E-state index in [4.69, 9.17) is 0 Å². The second-order valence-electron chi connectivity index (χ2n) is 8.81. The Labute approximate surface area is 211 Å². The van der Waals surface area contributed by atoms with E-state index in [0.29, 0.717) is 16.8 Å². The molecule has 0 saturated heterocycles. The summed E-state index contributed by atoms with van der Waals surface area (Å²) in [4.78, 5) is 53.1. The first-order valence-electron chi connectivity index (χ1n) is 11.2. The van der Waals surface area contributed by atoms with Crippen molar-refractivity contribution < 1.29 is 19.1 Å². The molecule has 0 spiro atoms. The fraction of sp³-hybridized carbons (Fsp3) is 0.154. The van der Waals surface area contributed by atoms with E-state index in [1.807, 2.05) is 0 Å². The van der Waals surface area contributed by atoms with Crippen molar-refractivity contribution in [3.8, 4) is 11.4 Å². The number of ketones is 2. The van der Waals surface area contributed by atoms with Gasteiger partial charge in [-0.15, -0.1) is 0 Å². The van der Waals surface area contributed by atoms with Crippen LogP contribution in [0, 0.1) is 5.82 Å². The molecule has 0 saturated carbocycles. The molecule has 2 heterocycles. The molecule has 8 nitrogen and oxygen atoms in total. The normalized spacial score (nSPS) is 20.9. The van der Waals surface area contributed by atoms with Crippen LogP contribution in [0.25, 0.3) is 5.69 Å². The molecule has 10 heteroatoms. The van der Waals surface area contributed by atoms with Crippen molar-refractivity contribution in [1.29, 1.82) is 0 Å². The maximum absolute atomic E-state index is 14.4. The van der Waals surface area contributed by atoms with Gasteiger partial charge in [-0.1, -0.05) is 30.3 Å². The summed E-state index contributed by atoms with van der Waals surface area (Å²) in [6.07, 6.45) is 2.97. The number of carbonyl (C=O) groups is 2. The number of hydrogen-bond acceptors (Lipinski definition) is 5. The molecule has 2 aliphatic carbocycles. The number of phenolic OH excluding ortho intramolecular Hbond substituents is 1. The number of carbonyl (C=O) groups excluding carboxylic acids is 2. The Morgan fingerprint density at radius 2 is 1.75 bits per heavy atom. The van der Waals surface area contributed by atoms with E-state index in [9.17, 15) is 28.7 Å². The van der Waals surface area contributed by atoms with E-state index >= 15 is 0 Å². The van der Waals surface area contributed by atoms with Crippen molar-refractivity contribution in [3.05, 3.63) is 114 Å². The topological polar surface area (TPSA) is 103 Å². The molecular formula is C26H17BrFN3O5. The van der Waals surface area contributed by atoms with E-state index in [2.05, 4.69) is 15.9 Å². The Kier molecular flexibility index (Phi) is 4.97. The van der Waals surface area contributed by atoms with Crippen LogP contribution in [0.4, 0.5) is 4.39 Å². The molecule has 0 radical (unpaired) electrons. The molecule has 1 aromatic heterocycles. The van der Waals surface area contributed by atoms with Crippen LogP contribution in [0.3, 0.4) is 0 Å². The third kappa shape index (κ3) is 3.10. The highest BCUT2D eigenvalue weighted by Gasteiger charge is 2.45. The molecule has 1 aliphatic heterocycles. The van der Waals surface area contributed by atoms with E-state index in [-0.39, 0.29) is 28.6 Å². The highest BCUT2D eigenvalue weighted by atomic mass is 79.9. The van der Waals surface area contributed by atoms with Gasteiger partial charge in [0.25, 0.3) is 0 Å². The molecule has 0 amide bonds. The van der Waals surface area contributed by atoms with Gasteiger partial charge < -0.3 is 5.11 Å². The molecule has 0 unspecified atom stereocenters. The van der Waals surface area contributed by atoms with Gasteiger partial charge in [0.05, 0.1) is 22.8 Å². The van der Waals surface area contributed by atoms with Gasteiger partial charge in [-0.2, -0.15) is 0 Å². The van der Waals surface area contributed by atoms with Crippen LogP contribution in [0.1, 0.15) is 23.9 Å². The third-order valence-electron chi connectivity index (χ3n) is 6.92. The minimum atomic E-state index is -0.871. The number of rotatable bonds is 2. The van der Waals surface area contributed by atoms with Gasteiger partial charge in [-0.25, -0.2) is 27.9 Å². The highest BCUT2D eigenvalue weighted by molar-refractivity contribution is 9.12. The van der Waals surface area contributed by atoms with E-state index < -0.39 is 46.5 Å². The standard InChI is InChI=1S/C26H17BrFN3O5/c27-17-12-21(33)23-16(24(17)34)11-19-15(22(23)13-6-7-20(32)18(28)10-13)8-9-29-25(35)30(26(36)31(19)29)14-4-2-1-3-5-14/h1-8,10,12,19,22,32H,9,11H2/t19-,22+/m1/s1. The molecule has 0 fully saturated rings. The lowest BCUT2D eigenvalue weighted by Gasteiger charge is -2.39. The van der Waals surface area contributed by atoms with Crippen molar-refractivity contribution >= 4 is 27.5 Å². The Morgan fingerprint density at radius 1 is 1.00 bits per heavy atom. The Morgan fingerprint density at radius 3 is 2.47 bits per heavy atom. The summed E-state index contributed by atoms with van der Waals surface area (Å²) in [6.45, 7) is 0.0566. The van der Waals surface area contributed by atoms with E-state index in [1.54, 1.807) is 36.4 Å². The van der Waals surface area contributed by atoms with Crippen LogP contribution < -0.4 is 11.4 Å². The van der Waals surface area contributed by atoms with Gasteiger partial charge in [0.15, 0.2) is 23.1 Å². The number of halogens is 2. The predicted molar refractivity (Wildman–Crippen MR) is 131 cm³/mol. The number of aromatic nitrogens is 3. The van der Waals surface area contributed by atoms with Crippen LogP contribution in [-0.2, 0) is 16.1 Å². The Bertz CT molecular complexity index is 1710. The number of para-hydroxylation sites is 1. The van der Waals surface area contributed by atoms with Crippen molar-refractivity contribution in [2.45, 2.75) is 24.9 Å². The Hall–Kier alpha value is -4.05. The average molecular weight is 550 g/mol. The van der Waals surface area contributed by atoms with Gasteiger partial charge >= 0.3 is 11.4 Å². The number of allylic oxidation sites excluding steroid dienone is 6. The highest BCUT2D eigenvalue weighted by Crippen LogP contribution is 2.50. The van der Waals surface area contributed by atoms with Crippen LogP contribution in [0.5, 0.6) is 5.75 Å². The number of benzene rings is 2. The third-order valence-corrected chi connectivity index (χ3v) is 7.51. The van der Waals surface area contributed by atoms with Crippen LogP contribution >= 0.6 is 15.9 Å².